The summed E-state index contributed by atoms with van der Waals surface area (Å²) in [6.45, 7) is 1.29. The first-order valence-electron chi connectivity index (χ1n) is 11.0. The molecule has 16 nitrogen and oxygen atoms in total. The van der Waals surface area contributed by atoms with Crippen molar-refractivity contribution in [1.82, 2.24) is 0 Å². The van der Waals surface area contributed by atoms with Gasteiger partial charge in [-0.1, -0.05) is 0 Å². The molecular formula is C22H23BrN6O10. The van der Waals surface area contributed by atoms with Gasteiger partial charge in [-0.15, -0.1) is 10.2 Å². The van der Waals surface area contributed by atoms with E-state index in [-0.39, 0.29) is 46.5 Å². The molecule has 17 heteroatoms. The quantitative estimate of drug-likeness (QED) is 0.120. The monoisotopic (exact) mass is 610 g/mol. The van der Waals surface area contributed by atoms with Gasteiger partial charge in [-0.25, -0.2) is 0 Å². The Bertz CT molecular complexity index is 1340. The average Bonchev–Trinajstić information content (AvgIpc) is 3.64. The van der Waals surface area contributed by atoms with Gasteiger partial charge in [0, 0.05) is 26.2 Å². The first-order chi connectivity index (χ1) is 18.5. The van der Waals surface area contributed by atoms with Gasteiger partial charge in [-0.2, -0.15) is 0 Å². The summed E-state index contributed by atoms with van der Waals surface area (Å²) in [4.78, 5) is 46.8. The number of nitro benzene ring substituents is 2. The van der Waals surface area contributed by atoms with Crippen LogP contribution in [0.4, 0.5) is 34.1 Å². The zero-order valence-corrected chi connectivity index (χ0v) is 22.7. The lowest BCUT2D eigenvalue weighted by Crippen LogP contribution is -2.34. The Balaban J connectivity index is 2.10. The van der Waals surface area contributed by atoms with Crippen LogP contribution in [-0.2, 0) is 23.8 Å². The van der Waals surface area contributed by atoms with E-state index >= 15 is 0 Å². The number of nitrogens with zero attached hydrogens (tertiary/aromatic N) is 5. The second-order valence-electron chi connectivity index (χ2n) is 7.97. The zero-order valence-electron chi connectivity index (χ0n) is 21.1. The second kappa shape index (κ2) is 12.5. The lowest BCUT2D eigenvalue weighted by molar-refractivity contribution is -0.393. The van der Waals surface area contributed by atoms with Crippen molar-refractivity contribution in [3.05, 3.63) is 49.0 Å². The first kappa shape index (κ1) is 29.3. The molecule has 1 fully saturated rings. The molecule has 1 saturated heterocycles. The summed E-state index contributed by atoms with van der Waals surface area (Å²) in [5.41, 5.74) is -0.910. The Morgan fingerprint density at radius 2 is 1.85 bits per heavy atom. The number of nitro groups is 2. The van der Waals surface area contributed by atoms with E-state index in [0.717, 1.165) is 12.1 Å². The molecule has 3 rings (SSSR count). The fraction of sp³-hybridized carbons (Fsp3) is 0.364. The van der Waals surface area contributed by atoms with Crippen LogP contribution in [0.25, 0.3) is 0 Å². The summed E-state index contributed by atoms with van der Waals surface area (Å²) in [5.74, 6) is -0.796. The molecular weight excluding hydrogens is 588 g/mol. The minimum Gasteiger partial charge on any atom is -0.494 e. The fourth-order valence-corrected chi connectivity index (χ4v) is 4.02. The van der Waals surface area contributed by atoms with Crippen LogP contribution in [0.1, 0.15) is 6.92 Å². The molecule has 2 aromatic carbocycles. The molecule has 2 atom stereocenters. The summed E-state index contributed by atoms with van der Waals surface area (Å²) in [6, 6.07) is 4.70. The number of non-ortho nitro benzene ring substituents is 1. The normalized spacial score (nSPS) is 16.0. The average molecular weight is 611 g/mol. The maximum Gasteiger partial charge on any atom is 0.325 e. The van der Waals surface area contributed by atoms with Crippen molar-refractivity contribution in [1.29, 1.82) is 0 Å². The number of amides is 1. The third-order valence-electron chi connectivity index (χ3n) is 5.36. The number of hydrogen-bond donors (Lipinski definition) is 1. The standard InChI is InChI=1S/C22H23BrN6O10/c1-11(30)24-14-7-16(27(10-20(31)37-3)9-19-22(38-4)39-19)18(36-2)8-15(14)25-26-21-13(23)5-12(28(32)33)6-17(21)29(34)35/h5-8,19,22H,9-10H2,1-4H3,(H,24,30)/b26-25+. The predicted molar refractivity (Wildman–Crippen MR) is 139 cm³/mol. The van der Waals surface area contributed by atoms with E-state index in [4.69, 9.17) is 18.9 Å². The highest BCUT2D eigenvalue weighted by molar-refractivity contribution is 9.10. The van der Waals surface area contributed by atoms with E-state index in [1.807, 2.05) is 0 Å². The highest BCUT2D eigenvalue weighted by Gasteiger charge is 2.41. The first-order valence-corrected chi connectivity index (χ1v) is 11.8. The van der Waals surface area contributed by atoms with Crippen molar-refractivity contribution in [2.24, 2.45) is 10.2 Å². The number of halogens is 1. The van der Waals surface area contributed by atoms with Gasteiger partial charge in [0.05, 0.1) is 52.5 Å². The maximum atomic E-state index is 12.1. The van der Waals surface area contributed by atoms with Gasteiger partial charge in [0.1, 0.15) is 24.1 Å². The Morgan fingerprint density at radius 1 is 1.13 bits per heavy atom. The molecule has 1 N–H and O–H groups in total. The summed E-state index contributed by atoms with van der Waals surface area (Å²) >= 11 is 3.07. The van der Waals surface area contributed by atoms with Crippen LogP contribution in [0, 0.1) is 20.2 Å². The van der Waals surface area contributed by atoms with Crippen LogP contribution in [0.3, 0.4) is 0 Å². The van der Waals surface area contributed by atoms with E-state index in [0.29, 0.717) is 5.69 Å². The number of carbonyl (C=O) groups is 2. The predicted octanol–water partition coefficient (Wildman–Crippen LogP) is 4.00. The lowest BCUT2D eigenvalue weighted by Gasteiger charge is -2.26. The number of anilines is 2. The topological polar surface area (TPSA) is 201 Å². The number of nitrogens with one attached hydrogen (secondary N) is 1. The van der Waals surface area contributed by atoms with Crippen LogP contribution in [0.15, 0.2) is 39.0 Å². The van der Waals surface area contributed by atoms with E-state index in [2.05, 4.69) is 31.5 Å². The molecule has 2 aromatic rings. The molecule has 1 amide bonds. The largest absolute Gasteiger partial charge is 0.494 e. The molecule has 39 heavy (non-hydrogen) atoms. The number of carbonyl (C=O) groups excluding carboxylic acids is 2. The van der Waals surface area contributed by atoms with Crippen LogP contribution >= 0.6 is 15.9 Å². The number of epoxide rings is 1. The molecule has 0 spiro atoms. The van der Waals surface area contributed by atoms with E-state index < -0.39 is 39.4 Å². The molecule has 0 bridgehead atoms. The Morgan fingerprint density at radius 3 is 2.38 bits per heavy atom. The van der Waals surface area contributed by atoms with Crippen LogP contribution < -0.4 is 15.0 Å². The third-order valence-corrected chi connectivity index (χ3v) is 5.96. The van der Waals surface area contributed by atoms with Gasteiger partial charge in [-0.05, 0) is 22.0 Å². The van der Waals surface area contributed by atoms with Crippen LogP contribution in [0.5, 0.6) is 5.75 Å². The summed E-state index contributed by atoms with van der Waals surface area (Å²) in [7, 11) is 4.10. The Hall–Kier alpha value is -4.22. The smallest absolute Gasteiger partial charge is 0.325 e. The molecule has 0 aliphatic carbocycles. The van der Waals surface area contributed by atoms with Gasteiger partial charge in [0.2, 0.25) is 5.91 Å². The third kappa shape index (κ3) is 7.21. The summed E-state index contributed by atoms with van der Waals surface area (Å²) < 4.78 is 20.8. The zero-order chi connectivity index (χ0) is 28.9. The Labute approximate surface area is 229 Å². The molecule has 0 aromatic heterocycles. The van der Waals surface area contributed by atoms with Crippen LogP contribution in [-0.4, -0.2) is 68.5 Å². The number of hydrogen-bond acceptors (Lipinski definition) is 13. The summed E-state index contributed by atoms with van der Waals surface area (Å²) in [5, 5.41) is 33.3. The van der Waals surface area contributed by atoms with Crippen LogP contribution in [0.2, 0.25) is 0 Å². The second-order valence-corrected chi connectivity index (χ2v) is 8.82. The van der Waals surface area contributed by atoms with Gasteiger partial charge in [0.25, 0.3) is 5.69 Å². The molecule has 0 radical (unpaired) electrons. The van der Waals surface area contributed by atoms with Crippen molar-refractivity contribution in [3.8, 4) is 5.75 Å². The van der Waals surface area contributed by atoms with Gasteiger partial charge < -0.3 is 29.2 Å². The van der Waals surface area contributed by atoms with Crippen molar-refractivity contribution in [2.75, 3.05) is 44.6 Å². The van der Waals surface area contributed by atoms with E-state index in [1.165, 1.54) is 40.4 Å². The molecule has 2 unspecified atom stereocenters. The maximum absolute atomic E-state index is 12.1. The van der Waals surface area contributed by atoms with Gasteiger partial charge in [-0.3, -0.25) is 29.8 Å². The van der Waals surface area contributed by atoms with E-state index in [1.54, 1.807) is 4.90 Å². The lowest BCUT2D eigenvalue weighted by atomic mass is 10.2. The number of azo groups is 1. The number of methoxy groups -OCH3 is 3. The van der Waals surface area contributed by atoms with Crippen molar-refractivity contribution in [3.63, 3.8) is 0 Å². The van der Waals surface area contributed by atoms with Crippen molar-refractivity contribution >= 4 is 61.9 Å². The van der Waals surface area contributed by atoms with Gasteiger partial charge in [0.15, 0.2) is 12.0 Å². The minimum absolute atomic E-state index is 0.0424. The minimum atomic E-state index is -0.831. The number of rotatable bonds is 12. The highest BCUT2D eigenvalue weighted by atomic mass is 79.9. The van der Waals surface area contributed by atoms with Crippen molar-refractivity contribution in [2.45, 2.75) is 19.3 Å². The number of benzene rings is 2. The summed E-state index contributed by atoms with van der Waals surface area (Å²) in [6.07, 6.45) is -0.789. The molecule has 1 aliphatic rings. The Kier molecular flexibility index (Phi) is 9.44. The fourth-order valence-electron chi connectivity index (χ4n) is 3.51. The SMILES string of the molecule is COC(=O)CN(CC1OC1OC)c1cc(NC(C)=O)c(/N=N/c2c(Br)cc([N+](=O)[O-])cc2[N+](=O)[O-])cc1OC. The highest BCUT2D eigenvalue weighted by Crippen LogP contribution is 2.43. The van der Waals surface area contributed by atoms with Crippen molar-refractivity contribution < 1.29 is 38.4 Å². The van der Waals surface area contributed by atoms with E-state index in [9.17, 15) is 29.8 Å². The molecule has 0 saturated carbocycles. The molecule has 208 valence electrons. The number of ether oxygens (including phenoxy) is 4. The number of esters is 1. The molecule has 1 aliphatic heterocycles. The molecule has 1 heterocycles. The van der Waals surface area contributed by atoms with Gasteiger partial charge >= 0.3 is 11.7 Å².